The SMILES string of the molecule is CC(=O)c1ccc(/C=N\P(=O)(c2ccccc2)c2ccccc2)cc1. The summed E-state index contributed by atoms with van der Waals surface area (Å²) in [5.74, 6) is 0.0164. The maximum atomic E-state index is 13.7. The lowest BCUT2D eigenvalue weighted by atomic mass is 10.1. The highest BCUT2D eigenvalue weighted by Crippen LogP contribution is 2.44. The molecule has 0 radical (unpaired) electrons. The van der Waals surface area contributed by atoms with Crippen LogP contribution in [0, 0.1) is 0 Å². The van der Waals surface area contributed by atoms with E-state index in [-0.39, 0.29) is 5.78 Å². The Morgan fingerprint density at radius 2 is 1.28 bits per heavy atom. The Bertz CT molecular complexity index is 889. The van der Waals surface area contributed by atoms with Crippen molar-refractivity contribution in [1.82, 2.24) is 0 Å². The molecule has 0 N–H and O–H groups in total. The van der Waals surface area contributed by atoms with Gasteiger partial charge in [-0.1, -0.05) is 60.7 Å². The van der Waals surface area contributed by atoms with Gasteiger partial charge in [0, 0.05) is 22.4 Å². The normalized spacial score (nSPS) is 11.6. The van der Waals surface area contributed by atoms with Crippen LogP contribution in [0.15, 0.2) is 89.7 Å². The van der Waals surface area contributed by atoms with Crippen LogP contribution in [0.4, 0.5) is 0 Å². The molecule has 0 aliphatic heterocycles. The molecule has 3 rings (SSSR count). The van der Waals surface area contributed by atoms with Crippen molar-refractivity contribution < 1.29 is 9.36 Å². The summed E-state index contributed by atoms with van der Waals surface area (Å²) in [6.45, 7) is 1.53. The number of hydrogen-bond acceptors (Lipinski definition) is 2. The molecular weight excluding hydrogens is 329 g/mol. The van der Waals surface area contributed by atoms with Gasteiger partial charge in [0.2, 0.25) is 7.29 Å². The lowest BCUT2D eigenvalue weighted by Gasteiger charge is -2.14. The second-order valence-electron chi connectivity index (χ2n) is 5.67. The number of hydrogen-bond donors (Lipinski definition) is 0. The molecule has 0 aromatic heterocycles. The minimum absolute atomic E-state index is 0.0164. The molecule has 124 valence electrons. The number of nitrogens with zero attached hydrogens (tertiary/aromatic N) is 1. The maximum absolute atomic E-state index is 13.7. The fourth-order valence-electron chi connectivity index (χ4n) is 2.49. The zero-order valence-electron chi connectivity index (χ0n) is 13.9. The van der Waals surface area contributed by atoms with Gasteiger partial charge in [-0.05, 0) is 36.8 Å². The van der Waals surface area contributed by atoms with Crippen molar-refractivity contribution >= 4 is 29.9 Å². The highest BCUT2D eigenvalue weighted by atomic mass is 31.2. The van der Waals surface area contributed by atoms with Crippen molar-refractivity contribution in [3.63, 3.8) is 0 Å². The van der Waals surface area contributed by atoms with Crippen LogP contribution in [0.25, 0.3) is 0 Å². The van der Waals surface area contributed by atoms with E-state index < -0.39 is 7.29 Å². The topological polar surface area (TPSA) is 46.5 Å². The summed E-state index contributed by atoms with van der Waals surface area (Å²) in [4.78, 5) is 11.4. The third-order valence-corrected chi connectivity index (χ3v) is 6.34. The average Bonchev–Trinajstić information content (AvgIpc) is 2.68. The van der Waals surface area contributed by atoms with Crippen molar-refractivity contribution in [2.75, 3.05) is 0 Å². The van der Waals surface area contributed by atoms with E-state index in [2.05, 4.69) is 4.76 Å². The van der Waals surface area contributed by atoms with Crippen molar-refractivity contribution in [3.8, 4) is 0 Å². The van der Waals surface area contributed by atoms with Gasteiger partial charge in [0.1, 0.15) is 0 Å². The number of benzene rings is 3. The lowest BCUT2D eigenvalue weighted by Crippen LogP contribution is -2.14. The molecule has 0 saturated heterocycles. The van der Waals surface area contributed by atoms with Gasteiger partial charge >= 0.3 is 0 Å². The van der Waals surface area contributed by atoms with Gasteiger partial charge in [0.05, 0.1) is 0 Å². The number of carbonyl (C=O) groups is 1. The fraction of sp³-hybridized carbons (Fsp3) is 0.0476. The van der Waals surface area contributed by atoms with E-state index >= 15 is 0 Å². The molecule has 0 amide bonds. The molecule has 0 saturated carbocycles. The van der Waals surface area contributed by atoms with Crippen molar-refractivity contribution in [3.05, 3.63) is 96.1 Å². The predicted octanol–water partition coefficient (Wildman–Crippen LogP) is 4.24. The number of rotatable bonds is 5. The third-order valence-electron chi connectivity index (χ3n) is 3.90. The van der Waals surface area contributed by atoms with E-state index in [4.69, 9.17) is 0 Å². The molecule has 0 heterocycles. The third kappa shape index (κ3) is 3.84. The Labute approximate surface area is 147 Å². The predicted molar refractivity (Wildman–Crippen MR) is 104 cm³/mol. The van der Waals surface area contributed by atoms with Gasteiger partial charge in [0.15, 0.2) is 5.78 Å². The zero-order chi connectivity index (χ0) is 17.7. The Morgan fingerprint density at radius 1 is 0.800 bits per heavy atom. The van der Waals surface area contributed by atoms with Gasteiger partial charge < -0.3 is 0 Å². The van der Waals surface area contributed by atoms with E-state index in [0.717, 1.165) is 5.56 Å². The summed E-state index contributed by atoms with van der Waals surface area (Å²) < 4.78 is 18.2. The van der Waals surface area contributed by atoms with Crippen LogP contribution in [0.3, 0.4) is 0 Å². The van der Waals surface area contributed by atoms with Gasteiger partial charge in [-0.15, -0.1) is 0 Å². The summed E-state index contributed by atoms with van der Waals surface area (Å²) >= 11 is 0. The molecule has 0 aliphatic rings. The zero-order valence-corrected chi connectivity index (χ0v) is 14.8. The second kappa shape index (κ2) is 7.42. The summed E-state index contributed by atoms with van der Waals surface area (Å²) in [7, 11) is -3.12. The second-order valence-corrected chi connectivity index (χ2v) is 8.09. The molecule has 0 aliphatic carbocycles. The molecule has 0 unspecified atom stereocenters. The standard InChI is InChI=1S/C21H18NO2P/c1-17(23)19-14-12-18(13-15-19)16-22-25(24,20-8-4-2-5-9-20)21-10-6-3-7-11-21/h2-16H,1H3/b22-16-. The smallest absolute Gasteiger partial charge is 0.247 e. The molecule has 0 fully saturated rings. The first-order valence-corrected chi connectivity index (χ1v) is 9.63. The summed E-state index contributed by atoms with van der Waals surface area (Å²) in [6, 6.07) is 25.7. The Balaban J connectivity index is 2.01. The Kier molecular flexibility index (Phi) is 5.06. The molecular formula is C21H18NO2P. The molecule has 4 heteroatoms. The van der Waals surface area contributed by atoms with E-state index in [0.29, 0.717) is 16.2 Å². The van der Waals surface area contributed by atoms with Crippen LogP contribution in [0.2, 0.25) is 0 Å². The van der Waals surface area contributed by atoms with Crippen LogP contribution in [0.5, 0.6) is 0 Å². The fourth-order valence-corrected chi connectivity index (χ4v) is 4.51. The Hall–Kier alpha value is -2.77. The van der Waals surface area contributed by atoms with Crippen LogP contribution in [-0.2, 0) is 4.57 Å². The van der Waals surface area contributed by atoms with Gasteiger partial charge in [-0.2, -0.15) is 0 Å². The van der Waals surface area contributed by atoms with E-state index in [1.165, 1.54) is 6.92 Å². The van der Waals surface area contributed by atoms with Crippen molar-refractivity contribution in [2.45, 2.75) is 6.92 Å². The minimum Gasteiger partial charge on any atom is -0.295 e. The molecule has 0 bridgehead atoms. The minimum atomic E-state index is -3.12. The number of carbonyl (C=O) groups excluding carboxylic acids is 1. The summed E-state index contributed by atoms with van der Waals surface area (Å²) in [5, 5.41) is 1.38. The maximum Gasteiger partial charge on any atom is 0.247 e. The average molecular weight is 347 g/mol. The van der Waals surface area contributed by atoms with E-state index in [1.807, 2.05) is 60.7 Å². The van der Waals surface area contributed by atoms with E-state index in [1.54, 1.807) is 30.5 Å². The van der Waals surface area contributed by atoms with Crippen molar-refractivity contribution in [1.29, 1.82) is 0 Å². The molecule has 0 spiro atoms. The van der Waals surface area contributed by atoms with Gasteiger partial charge in [-0.25, -0.2) is 4.76 Å². The van der Waals surface area contributed by atoms with Crippen LogP contribution in [-0.4, -0.2) is 12.0 Å². The Morgan fingerprint density at radius 3 is 1.72 bits per heavy atom. The largest absolute Gasteiger partial charge is 0.295 e. The van der Waals surface area contributed by atoms with Crippen molar-refractivity contribution in [2.24, 2.45) is 4.76 Å². The highest BCUT2D eigenvalue weighted by molar-refractivity contribution is 7.77. The van der Waals surface area contributed by atoms with Crippen LogP contribution >= 0.6 is 7.29 Å². The summed E-state index contributed by atoms with van der Waals surface area (Å²) in [5.41, 5.74) is 1.45. The van der Waals surface area contributed by atoms with Crippen LogP contribution < -0.4 is 10.6 Å². The quantitative estimate of drug-likeness (QED) is 0.394. The number of Topliss-reactive ketones (excluding diaryl/α,β-unsaturated/α-hetero) is 1. The first kappa shape index (κ1) is 17.1. The molecule has 25 heavy (non-hydrogen) atoms. The first-order valence-electron chi connectivity index (χ1n) is 7.97. The van der Waals surface area contributed by atoms with E-state index in [9.17, 15) is 9.36 Å². The molecule has 3 nitrogen and oxygen atoms in total. The molecule has 3 aromatic rings. The molecule has 0 atom stereocenters. The lowest BCUT2D eigenvalue weighted by molar-refractivity contribution is 0.101. The monoisotopic (exact) mass is 347 g/mol. The summed E-state index contributed by atoms with van der Waals surface area (Å²) in [6.07, 6.45) is 1.62. The van der Waals surface area contributed by atoms with Crippen LogP contribution in [0.1, 0.15) is 22.8 Å². The number of ketones is 1. The first-order chi connectivity index (χ1) is 12.1. The molecule has 3 aromatic carbocycles. The van der Waals surface area contributed by atoms with Gasteiger partial charge in [0.25, 0.3) is 0 Å². The van der Waals surface area contributed by atoms with Gasteiger partial charge in [-0.3, -0.25) is 9.36 Å². The highest BCUT2D eigenvalue weighted by Gasteiger charge is 2.25.